The highest BCUT2D eigenvalue weighted by molar-refractivity contribution is 5.66. The first kappa shape index (κ1) is 20.5. The van der Waals surface area contributed by atoms with E-state index in [0.717, 1.165) is 26.1 Å². The molecule has 0 spiro atoms. The summed E-state index contributed by atoms with van der Waals surface area (Å²) in [4.78, 5) is 10.1. The van der Waals surface area contributed by atoms with Gasteiger partial charge in [-0.3, -0.25) is 4.79 Å². The Morgan fingerprint density at radius 1 is 1.05 bits per heavy atom. The third kappa shape index (κ3) is 47.0. The number of allylic oxidation sites excluding steroid dienone is 1. The highest BCUT2D eigenvalue weighted by Crippen LogP contribution is 2.07. The number of unbranched alkanes of at least 4 members (excludes halogenated alkanes) is 6. The lowest BCUT2D eigenvalue weighted by Crippen LogP contribution is -1.93. The molecule has 0 saturated carbocycles. The molecule has 114 valence electrons. The molecular weight excluding hydrogens is 240 g/mol. The molecular formula is C16H32O3. The van der Waals surface area contributed by atoms with Crippen molar-refractivity contribution in [2.75, 3.05) is 13.2 Å². The summed E-state index contributed by atoms with van der Waals surface area (Å²) in [6, 6.07) is 0. The van der Waals surface area contributed by atoms with E-state index in [-0.39, 0.29) is 0 Å². The Balaban J connectivity index is 0. The van der Waals surface area contributed by atoms with Crippen molar-refractivity contribution in [2.45, 2.75) is 72.1 Å². The van der Waals surface area contributed by atoms with E-state index in [0.29, 0.717) is 6.42 Å². The molecule has 1 heterocycles. The second kappa shape index (κ2) is 17.2. The maximum absolute atomic E-state index is 10.1. The van der Waals surface area contributed by atoms with Gasteiger partial charge >= 0.3 is 5.97 Å². The van der Waals surface area contributed by atoms with Crippen molar-refractivity contribution >= 4 is 5.97 Å². The Morgan fingerprint density at radius 2 is 1.42 bits per heavy atom. The van der Waals surface area contributed by atoms with Crippen molar-refractivity contribution in [3.63, 3.8) is 0 Å². The molecule has 1 fully saturated rings. The number of hydrogen-bond acceptors (Lipinski definition) is 2. The average molecular weight is 272 g/mol. The smallest absolute Gasteiger partial charge is 0.303 e. The van der Waals surface area contributed by atoms with Crippen molar-refractivity contribution in [2.24, 2.45) is 0 Å². The number of hydrogen-bond donors (Lipinski definition) is 1. The number of ether oxygens (including phenoxy) is 1. The van der Waals surface area contributed by atoms with Gasteiger partial charge in [0.1, 0.15) is 0 Å². The van der Waals surface area contributed by atoms with E-state index in [4.69, 9.17) is 5.11 Å². The molecule has 3 nitrogen and oxygen atoms in total. The number of carboxylic acids is 1. The number of carbonyl (C=O) groups is 1. The van der Waals surface area contributed by atoms with Gasteiger partial charge in [0.05, 0.1) is 13.2 Å². The van der Waals surface area contributed by atoms with Crippen LogP contribution in [-0.2, 0) is 9.53 Å². The summed E-state index contributed by atoms with van der Waals surface area (Å²) in [5.41, 5.74) is 1.17. The zero-order valence-corrected chi connectivity index (χ0v) is 13.0. The molecule has 0 aromatic heterocycles. The van der Waals surface area contributed by atoms with Crippen LogP contribution in [0.3, 0.4) is 0 Å². The summed E-state index contributed by atoms with van der Waals surface area (Å²) < 4.78 is 4.50. The highest BCUT2D eigenvalue weighted by atomic mass is 16.6. The Hall–Kier alpha value is -0.830. The van der Waals surface area contributed by atoms with E-state index in [1.54, 1.807) is 0 Å². The Morgan fingerprint density at radius 3 is 1.74 bits per heavy atom. The average Bonchev–Trinajstić information content (AvgIpc) is 3.14. The standard InChI is InChI=1S/C10H20O2.C4H8.C2H4O/c1-2-3-4-5-6-7-8-9-10(11)12;1-4(2)3;1-2-3-1/h2-9H2,1H3,(H,11,12);1H2,2-3H3;1-2H2. The molecule has 0 aliphatic carbocycles. The van der Waals surface area contributed by atoms with Crippen LogP contribution in [0.15, 0.2) is 12.2 Å². The largest absolute Gasteiger partial charge is 0.481 e. The third-order valence-electron chi connectivity index (χ3n) is 2.20. The van der Waals surface area contributed by atoms with E-state index >= 15 is 0 Å². The summed E-state index contributed by atoms with van der Waals surface area (Å²) in [7, 11) is 0. The van der Waals surface area contributed by atoms with Gasteiger partial charge in [0, 0.05) is 6.42 Å². The van der Waals surface area contributed by atoms with Gasteiger partial charge in [-0.1, -0.05) is 51.0 Å². The molecule has 19 heavy (non-hydrogen) atoms. The predicted octanol–water partition coefficient (Wildman–Crippen LogP) is 4.81. The predicted molar refractivity (Wildman–Crippen MR) is 81.6 cm³/mol. The number of aliphatic carboxylic acids is 1. The van der Waals surface area contributed by atoms with E-state index in [1.165, 1.54) is 37.7 Å². The Bertz CT molecular complexity index is 203. The summed E-state index contributed by atoms with van der Waals surface area (Å²) in [6.45, 7) is 11.7. The van der Waals surface area contributed by atoms with Gasteiger partial charge < -0.3 is 9.84 Å². The number of epoxide rings is 1. The Labute approximate surface area is 119 Å². The zero-order chi connectivity index (χ0) is 14.9. The molecule has 0 radical (unpaired) electrons. The van der Waals surface area contributed by atoms with Crippen LogP contribution in [0.5, 0.6) is 0 Å². The van der Waals surface area contributed by atoms with Crippen LogP contribution in [0.25, 0.3) is 0 Å². The van der Waals surface area contributed by atoms with Crippen LogP contribution in [0.4, 0.5) is 0 Å². The third-order valence-corrected chi connectivity index (χ3v) is 2.20. The van der Waals surface area contributed by atoms with Crippen molar-refractivity contribution in [1.29, 1.82) is 0 Å². The zero-order valence-electron chi connectivity index (χ0n) is 13.0. The quantitative estimate of drug-likeness (QED) is 0.392. The SMILES string of the molecule is C1CO1.C=C(C)C.CCCCCCCCCC(=O)O. The molecule has 1 N–H and O–H groups in total. The van der Waals surface area contributed by atoms with Gasteiger partial charge in [0.25, 0.3) is 0 Å². The van der Waals surface area contributed by atoms with E-state index in [1.807, 2.05) is 13.8 Å². The second-order valence-electron chi connectivity index (χ2n) is 5.08. The molecule has 0 aromatic rings. The van der Waals surface area contributed by atoms with Crippen molar-refractivity contribution in [3.8, 4) is 0 Å². The van der Waals surface area contributed by atoms with Gasteiger partial charge in [-0.2, -0.15) is 0 Å². The molecule has 1 rings (SSSR count). The van der Waals surface area contributed by atoms with Crippen LogP contribution in [-0.4, -0.2) is 24.3 Å². The first-order valence-electron chi connectivity index (χ1n) is 7.42. The van der Waals surface area contributed by atoms with Gasteiger partial charge in [0.15, 0.2) is 0 Å². The van der Waals surface area contributed by atoms with Crippen molar-refractivity contribution < 1.29 is 14.6 Å². The lowest BCUT2D eigenvalue weighted by molar-refractivity contribution is -0.137. The van der Waals surface area contributed by atoms with Gasteiger partial charge in [-0.15, -0.1) is 6.58 Å². The lowest BCUT2D eigenvalue weighted by Gasteiger charge is -1.98. The summed E-state index contributed by atoms with van der Waals surface area (Å²) >= 11 is 0. The van der Waals surface area contributed by atoms with E-state index in [2.05, 4.69) is 18.2 Å². The molecule has 0 aromatic carbocycles. The molecule has 3 heteroatoms. The molecule has 1 aliphatic rings. The van der Waals surface area contributed by atoms with E-state index in [9.17, 15) is 4.79 Å². The molecule has 1 aliphatic heterocycles. The maximum atomic E-state index is 10.1. The molecule has 0 atom stereocenters. The van der Waals surface area contributed by atoms with Crippen molar-refractivity contribution in [3.05, 3.63) is 12.2 Å². The van der Waals surface area contributed by atoms with Gasteiger partial charge in [-0.25, -0.2) is 0 Å². The topological polar surface area (TPSA) is 49.8 Å². The molecule has 1 saturated heterocycles. The fraction of sp³-hybridized carbons (Fsp3) is 0.812. The number of rotatable bonds is 8. The molecule has 0 bridgehead atoms. The lowest BCUT2D eigenvalue weighted by atomic mass is 10.1. The number of carboxylic acid groups (broad SMARTS) is 1. The monoisotopic (exact) mass is 272 g/mol. The van der Waals surface area contributed by atoms with Crippen LogP contribution >= 0.6 is 0 Å². The second-order valence-corrected chi connectivity index (χ2v) is 5.08. The van der Waals surface area contributed by atoms with Crippen molar-refractivity contribution in [1.82, 2.24) is 0 Å². The Kier molecular flexibility index (Phi) is 18.5. The maximum Gasteiger partial charge on any atom is 0.303 e. The fourth-order valence-electron chi connectivity index (χ4n) is 1.23. The normalized spacial score (nSPS) is 11.5. The molecule has 0 amide bonds. The van der Waals surface area contributed by atoms with Gasteiger partial charge in [0.2, 0.25) is 0 Å². The summed E-state index contributed by atoms with van der Waals surface area (Å²) in [5.74, 6) is -0.663. The first-order chi connectivity index (χ1) is 9.00. The minimum Gasteiger partial charge on any atom is -0.481 e. The fourth-order valence-corrected chi connectivity index (χ4v) is 1.23. The summed E-state index contributed by atoms with van der Waals surface area (Å²) in [5, 5.41) is 8.35. The minimum absolute atomic E-state index is 0.341. The first-order valence-corrected chi connectivity index (χ1v) is 7.42. The minimum atomic E-state index is -0.663. The van der Waals surface area contributed by atoms with Gasteiger partial charge in [-0.05, 0) is 20.3 Å². The van der Waals surface area contributed by atoms with Crippen LogP contribution < -0.4 is 0 Å². The van der Waals surface area contributed by atoms with E-state index < -0.39 is 5.97 Å². The van der Waals surface area contributed by atoms with Crippen LogP contribution in [0.1, 0.15) is 72.1 Å². The highest BCUT2D eigenvalue weighted by Gasteiger charge is 1.95. The molecule has 0 unspecified atom stereocenters. The summed E-state index contributed by atoms with van der Waals surface area (Å²) in [6.07, 6.45) is 8.64. The van der Waals surface area contributed by atoms with Crippen LogP contribution in [0.2, 0.25) is 0 Å². The van der Waals surface area contributed by atoms with Crippen LogP contribution in [0, 0.1) is 0 Å².